The summed E-state index contributed by atoms with van der Waals surface area (Å²) < 4.78 is 17.0. The minimum absolute atomic E-state index is 0.144. The lowest BCUT2D eigenvalue weighted by molar-refractivity contribution is -0.148. The van der Waals surface area contributed by atoms with Gasteiger partial charge < -0.3 is 14.2 Å². The highest BCUT2D eigenvalue weighted by Gasteiger charge is 2.14. The number of para-hydroxylation sites is 1. The Kier molecular flexibility index (Phi) is 6.26. The van der Waals surface area contributed by atoms with Gasteiger partial charge in [0, 0.05) is 10.9 Å². The summed E-state index contributed by atoms with van der Waals surface area (Å²) in [6.07, 6.45) is 0. The van der Waals surface area contributed by atoms with Gasteiger partial charge in [-0.25, -0.2) is 9.67 Å². The molecule has 0 aliphatic heterocycles. The number of methoxy groups -OCH3 is 2. The number of carbonyl (C=O) groups excluding carboxylic acids is 2. The van der Waals surface area contributed by atoms with Gasteiger partial charge in [-0.2, -0.15) is 0 Å². The summed E-state index contributed by atoms with van der Waals surface area (Å²) in [6.45, 7) is -0.578. The van der Waals surface area contributed by atoms with E-state index < -0.39 is 18.5 Å². The molecule has 0 radical (unpaired) electrons. The van der Waals surface area contributed by atoms with Crippen LogP contribution in [-0.4, -0.2) is 52.7 Å². The van der Waals surface area contributed by atoms with Gasteiger partial charge in [0.05, 0.1) is 25.4 Å². The number of nitrogens with zero attached hydrogens (tertiary/aromatic N) is 4. The zero-order chi connectivity index (χ0) is 22.5. The summed E-state index contributed by atoms with van der Waals surface area (Å²) in [5.74, 6) is 0.104. The second kappa shape index (κ2) is 9.43. The summed E-state index contributed by atoms with van der Waals surface area (Å²) in [5.41, 5.74) is 2.86. The van der Waals surface area contributed by atoms with Gasteiger partial charge in [0.2, 0.25) is 0 Å². The molecule has 10 nitrogen and oxygen atoms in total. The fourth-order valence-corrected chi connectivity index (χ4v) is 3.70. The van der Waals surface area contributed by atoms with Crippen molar-refractivity contribution in [3.63, 3.8) is 0 Å². The van der Waals surface area contributed by atoms with Crippen LogP contribution in [0, 0.1) is 0 Å². The molecule has 0 saturated heterocycles. The van der Waals surface area contributed by atoms with Crippen molar-refractivity contribution < 1.29 is 23.8 Å². The van der Waals surface area contributed by atoms with Crippen molar-refractivity contribution in [3.05, 3.63) is 47.8 Å². The van der Waals surface area contributed by atoms with Crippen LogP contribution in [0.5, 0.6) is 11.5 Å². The topological polar surface area (TPSA) is 117 Å². The molecular weight excluding hydrogens is 434 g/mol. The monoisotopic (exact) mass is 453 g/mol. The van der Waals surface area contributed by atoms with Crippen LogP contribution < -0.4 is 14.8 Å². The lowest BCUT2D eigenvalue weighted by Crippen LogP contribution is -2.23. The summed E-state index contributed by atoms with van der Waals surface area (Å²) >= 11 is 1.26. The molecule has 0 bridgehead atoms. The Morgan fingerprint density at radius 2 is 1.91 bits per heavy atom. The number of anilines is 1. The van der Waals surface area contributed by atoms with Gasteiger partial charge in [0.25, 0.3) is 5.91 Å². The number of aromatic nitrogens is 4. The van der Waals surface area contributed by atoms with E-state index in [9.17, 15) is 9.59 Å². The standard InChI is InChI=1S/C21H19N5O5S/c1-29-17-8-7-13(9-18(17)30-2)15-12-32-21(22-15)23-19(27)11-31-20(28)10-26-16-6-4-3-5-14(16)24-25-26/h3-9,12H,10-11H2,1-2H3,(H,22,23,27). The third-order valence-electron chi connectivity index (χ3n) is 4.49. The highest BCUT2D eigenvalue weighted by Crippen LogP contribution is 2.33. The molecule has 4 rings (SSSR count). The second-order valence-corrected chi connectivity index (χ2v) is 7.41. The maximum Gasteiger partial charge on any atom is 0.328 e. The molecule has 0 atom stereocenters. The Morgan fingerprint density at radius 3 is 2.72 bits per heavy atom. The first-order valence-electron chi connectivity index (χ1n) is 9.49. The van der Waals surface area contributed by atoms with Crippen molar-refractivity contribution in [2.75, 3.05) is 26.1 Å². The first-order chi connectivity index (χ1) is 15.6. The number of benzene rings is 2. The number of hydrogen-bond acceptors (Lipinski definition) is 9. The minimum atomic E-state index is -0.596. The fraction of sp³-hybridized carbons (Fsp3) is 0.190. The lowest BCUT2D eigenvalue weighted by Gasteiger charge is -2.08. The van der Waals surface area contributed by atoms with Crippen LogP contribution in [0.15, 0.2) is 47.8 Å². The Morgan fingerprint density at radius 1 is 1.09 bits per heavy atom. The van der Waals surface area contributed by atoms with Crippen molar-refractivity contribution in [2.45, 2.75) is 6.54 Å². The molecule has 164 valence electrons. The summed E-state index contributed by atoms with van der Waals surface area (Å²) in [7, 11) is 3.12. The van der Waals surface area contributed by atoms with Crippen LogP contribution in [0.4, 0.5) is 5.13 Å². The fourth-order valence-electron chi connectivity index (χ4n) is 2.96. The predicted molar refractivity (Wildman–Crippen MR) is 118 cm³/mol. The van der Waals surface area contributed by atoms with E-state index in [0.29, 0.717) is 33.4 Å². The Bertz CT molecular complexity index is 1270. The molecule has 2 aromatic carbocycles. The second-order valence-electron chi connectivity index (χ2n) is 6.55. The molecule has 0 aliphatic carbocycles. The summed E-state index contributed by atoms with van der Waals surface area (Å²) in [5, 5.41) is 12.7. The van der Waals surface area contributed by atoms with E-state index in [1.165, 1.54) is 16.0 Å². The van der Waals surface area contributed by atoms with Crippen LogP contribution in [-0.2, 0) is 20.9 Å². The van der Waals surface area contributed by atoms with Gasteiger partial charge in [-0.1, -0.05) is 17.3 Å². The molecule has 32 heavy (non-hydrogen) atoms. The van der Waals surface area contributed by atoms with Gasteiger partial charge in [-0.3, -0.25) is 14.9 Å². The smallest absolute Gasteiger partial charge is 0.328 e. The molecule has 11 heteroatoms. The molecular formula is C21H19N5O5S. The average molecular weight is 453 g/mol. The van der Waals surface area contributed by atoms with Crippen LogP contribution >= 0.6 is 11.3 Å². The normalized spacial score (nSPS) is 10.7. The number of carbonyl (C=O) groups is 2. The molecule has 0 spiro atoms. The average Bonchev–Trinajstić information content (AvgIpc) is 3.44. The number of ether oxygens (including phenoxy) is 3. The van der Waals surface area contributed by atoms with Gasteiger partial charge in [0.15, 0.2) is 23.2 Å². The van der Waals surface area contributed by atoms with Gasteiger partial charge >= 0.3 is 5.97 Å². The third kappa shape index (κ3) is 4.67. The Hall–Kier alpha value is -3.99. The van der Waals surface area contributed by atoms with Crippen molar-refractivity contribution in [3.8, 4) is 22.8 Å². The van der Waals surface area contributed by atoms with Crippen LogP contribution in [0.3, 0.4) is 0 Å². The van der Waals surface area contributed by atoms with E-state index in [2.05, 4.69) is 20.6 Å². The number of amides is 1. The molecule has 2 aromatic heterocycles. The summed E-state index contributed by atoms with van der Waals surface area (Å²) in [4.78, 5) is 28.7. The van der Waals surface area contributed by atoms with Crippen LogP contribution in [0.25, 0.3) is 22.3 Å². The quantitative estimate of drug-likeness (QED) is 0.405. The predicted octanol–water partition coefficient (Wildman–Crippen LogP) is 2.75. The van der Waals surface area contributed by atoms with Crippen molar-refractivity contribution in [1.82, 2.24) is 20.0 Å². The van der Waals surface area contributed by atoms with E-state index in [0.717, 1.165) is 5.56 Å². The van der Waals surface area contributed by atoms with E-state index >= 15 is 0 Å². The summed E-state index contributed by atoms with van der Waals surface area (Å²) in [6, 6.07) is 12.7. The van der Waals surface area contributed by atoms with E-state index in [-0.39, 0.29) is 6.54 Å². The van der Waals surface area contributed by atoms with Crippen molar-refractivity contribution >= 4 is 39.4 Å². The molecule has 2 heterocycles. The van der Waals surface area contributed by atoms with Gasteiger partial charge in [-0.05, 0) is 30.3 Å². The first-order valence-corrected chi connectivity index (χ1v) is 10.4. The number of fused-ring (bicyclic) bond motifs is 1. The third-order valence-corrected chi connectivity index (χ3v) is 5.25. The number of esters is 1. The molecule has 1 amide bonds. The number of rotatable bonds is 8. The molecule has 1 N–H and O–H groups in total. The van der Waals surface area contributed by atoms with Crippen molar-refractivity contribution in [2.24, 2.45) is 0 Å². The Labute approximate surface area is 186 Å². The van der Waals surface area contributed by atoms with Crippen LogP contribution in [0.2, 0.25) is 0 Å². The maximum absolute atomic E-state index is 12.2. The highest BCUT2D eigenvalue weighted by atomic mass is 32.1. The SMILES string of the molecule is COc1ccc(-c2csc(NC(=O)COC(=O)Cn3nnc4ccccc43)n2)cc1OC. The highest BCUT2D eigenvalue weighted by molar-refractivity contribution is 7.14. The van der Waals surface area contributed by atoms with Crippen LogP contribution in [0.1, 0.15) is 0 Å². The number of nitrogens with one attached hydrogen (secondary N) is 1. The maximum atomic E-state index is 12.2. The molecule has 4 aromatic rings. The van der Waals surface area contributed by atoms with Crippen molar-refractivity contribution in [1.29, 1.82) is 0 Å². The first kappa shape index (κ1) is 21.2. The zero-order valence-corrected chi connectivity index (χ0v) is 18.1. The largest absolute Gasteiger partial charge is 0.493 e. The van der Waals surface area contributed by atoms with E-state index in [4.69, 9.17) is 14.2 Å². The van der Waals surface area contributed by atoms with Gasteiger partial charge in [-0.15, -0.1) is 16.4 Å². The molecule has 0 fully saturated rings. The number of thiazole rings is 1. The van der Waals surface area contributed by atoms with Gasteiger partial charge in [0.1, 0.15) is 12.1 Å². The van der Waals surface area contributed by atoms with E-state index in [1.807, 2.05) is 18.2 Å². The lowest BCUT2D eigenvalue weighted by atomic mass is 10.1. The molecule has 0 saturated carbocycles. The molecule has 0 aliphatic rings. The number of hydrogen-bond donors (Lipinski definition) is 1. The molecule has 0 unspecified atom stereocenters. The zero-order valence-electron chi connectivity index (χ0n) is 17.3. The van der Waals surface area contributed by atoms with E-state index in [1.54, 1.807) is 43.9 Å². The Balaban J connectivity index is 1.32. The minimum Gasteiger partial charge on any atom is -0.493 e.